The van der Waals surface area contributed by atoms with Crippen LogP contribution < -0.4 is 0 Å². The first-order valence-corrected chi connectivity index (χ1v) is 9.46. The van der Waals surface area contributed by atoms with Gasteiger partial charge in [0.05, 0.1) is 0 Å². The number of unbranched alkanes of at least 4 members (excludes halogenated alkanes) is 3. The molecule has 0 spiro atoms. The summed E-state index contributed by atoms with van der Waals surface area (Å²) < 4.78 is 63.6. The molecular weight excluding hydrogens is 328 g/mol. The van der Waals surface area contributed by atoms with E-state index in [1.54, 1.807) is 0 Å². The van der Waals surface area contributed by atoms with Crippen LogP contribution in [0.5, 0.6) is 0 Å². The van der Waals surface area contributed by atoms with Gasteiger partial charge in [-0.3, -0.25) is 0 Å². The summed E-state index contributed by atoms with van der Waals surface area (Å²) in [6.45, 7) is 5.13. The largest absolute Gasteiger partial charge is 0.394 e. The van der Waals surface area contributed by atoms with Gasteiger partial charge in [-0.2, -0.15) is 0 Å². The van der Waals surface area contributed by atoms with E-state index in [-0.39, 0.29) is 12.0 Å². The van der Waals surface area contributed by atoms with E-state index in [0.29, 0.717) is 19.6 Å². The highest BCUT2D eigenvalue weighted by atomic mass is 28.3. The fraction of sp³-hybridized carbons (Fsp3) is 0.625. The highest BCUT2D eigenvalue weighted by Gasteiger charge is 2.18. The van der Waals surface area contributed by atoms with Crippen LogP contribution in [0, 0.1) is 23.3 Å². The summed E-state index contributed by atoms with van der Waals surface area (Å²) in [7, 11) is -1.21. The van der Waals surface area contributed by atoms with Gasteiger partial charge in [-0.25, -0.2) is 17.6 Å². The summed E-state index contributed by atoms with van der Waals surface area (Å²) in [5, 5.41) is 0. The Hall–Kier alpha value is -0.923. The van der Waals surface area contributed by atoms with Crippen molar-refractivity contribution < 1.29 is 26.4 Å². The van der Waals surface area contributed by atoms with Crippen LogP contribution >= 0.6 is 0 Å². The minimum Gasteiger partial charge on any atom is -0.394 e. The van der Waals surface area contributed by atoms with E-state index >= 15 is 0 Å². The molecule has 0 N–H and O–H groups in total. The fourth-order valence-corrected chi connectivity index (χ4v) is 3.80. The quantitative estimate of drug-likeness (QED) is 0.185. The number of halogens is 4. The summed E-state index contributed by atoms with van der Waals surface area (Å²) in [6.07, 6.45) is 3.42. The Bertz CT molecular complexity index is 480. The van der Waals surface area contributed by atoms with E-state index in [1.165, 1.54) is 0 Å². The van der Waals surface area contributed by atoms with Gasteiger partial charge < -0.3 is 8.85 Å². The summed E-state index contributed by atoms with van der Waals surface area (Å²) in [6, 6.07) is 1.61. The van der Waals surface area contributed by atoms with Crippen molar-refractivity contribution in [2.24, 2.45) is 0 Å². The van der Waals surface area contributed by atoms with E-state index < -0.39 is 32.6 Å². The highest BCUT2D eigenvalue weighted by Crippen LogP contribution is 2.20. The molecule has 0 saturated heterocycles. The molecule has 0 amide bonds. The van der Waals surface area contributed by atoms with Crippen LogP contribution in [0.1, 0.15) is 45.1 Å². The van der Waals surface area contributed by atoms with Crippen LogP contribution in [0.3, 0.4) is 0 Å². The Balaban J connectivity index is 2.30. The number of benzene rings is 1. The standard InChI is InChI=1S/C16H23F4O2Si/c1-3-21-23(22-4-2)10-8-6-5-7-9-12-11-13(17)15(19)16(20)14(12)18/h11H,3-10H2,1-2H3. The number of hydrogen-bond donors (Lipinski definition) is 0. The molecule has 1 aromatic rings. The Morgan fingerprint density at radius 1 is 0.826 bits per heavy atom. The molecule has 0 atom stereocenters. The third-order valence-corrected chi connectivity index (χ3v) is 5.35. The van der Waals surface area contributed by atoms with E-state index in [2.05, 4.69) is 0 Å². The van der Waals surface area contributed by atoms with Crippen LogP contribution in [-0.4, -0.2) is 22.5 Å². The van der Waals surface area contributed by atoms with Gasteiger partial charge in [0.15, 0.2) is 23.3 Å². The van der Waals surface area contributed by atoms with Crippen molar-refractivity contribution >= 4 is 9.28 Å². The SMILES string of the molecule is CCO[Si](CCCCCCc1cc(F)c(F)c(F)c1F)OCC. The lowest BCUT2D eigenvalue weighted by molar-refractivity contribution is 0.212. The van der Waals surface area contributed by atoms with E-state index in [9.17, 15) is 17.6 Å². The number of aryl methyl sites for hydroxylation is 1. The Morgan fingerprint density at radius 3 is 2.04 bits per heavy atom. The van der Waals surface area contributed by atoms with Gasteiger partial charge in [0.2, 0.25) is 0 Å². The molecule has 0 aliphatic rings. The van der Waals surface area contributed by atoms with Crippen LogP contribution in [0.2, 0.25) is 6.04 Å². The predicted molar refractivity (Wildman–Crippen MR) is 82.3 cm³/mol. The molecule has 131 valence electrons. The normalized spacial score (nSPS) is 11.4. The van der Waals surface area contributed by atoms with Crippen molar-refractivity contribution in [1.29, 1.82) is 0 Å². The van der Waals surface area contributed by atoms with Crippen molar-refractivity contribution in [3.05, 3.63) is 34.9 Å². The molecule has 0 bridgehead atoms. The lowest BCUT2D eigenvalue weighted by atomic mass is 10.1. The van der Waals surface area contributed by atoms with Crippen molar-refractivity contribution in [2.75, 3.05) is 13.2 Å². The molecule has 1 radical (unpaired) electrons. The maximum Gasteiger partial charge on any atom is 0.384 e. The number of rotatable bonds is 11. The first-order valence-electron chi connectivity index (χ1n) is 7.94. The van der Waals surface area contributed by atoms with Gasteiger partial charge in [-0.1, -0.05) is 19.3 Å². The van der Waals surface area contributed by atoms with E-state index in [0.717, 1.165) is 31.4 Å². The summed E-state index contributed by atoms with van der Waals surface area (Å²) in [5.41, 5.74) is -0.116. The number of hydrogen-bond acceptors (Lipinski definition) is 2. The average molecular weight is 351 g/mol. The third-order valence-electron chi connectivity index (χ3n) is 3.37. The fourth-order valence-electron chi connectivity index (χ4n) is 2.25. The Kier molecular flexibility index (Phi) is 9.43. The minimum atomic E-state index is -1.76. The molecule has 7 heteroatoms. The van der Waals surface area contributed by atoms with Crippen molar-refractivity contribution in [2.45, 2.75) is 52.0 Å². The maximum atomic E-state index is 13.5. The van der Waals surface area contributed by atoms with Gasteiger partial charge >= 0.3 is 9.28 Å². The maximum absolute atomic E-state index is 13.5. The smallest absolute Gasteiger partial charge is 0.384 e. The van der Waals surface area contributed by atoms with E-state index in [1.807, 2.05) is 13.8 Å². The zero-order chi connectivity index (χ0) is 17.2. The molecule has 1 rings (SSSR count). The second-order valence-corrected chi connectivity index (χ2v) is 6.93. The molecule has 0 fully saturated rings. The van der Waals surface area contributed by atoms with Gasteiger partial charge in [-0.15, -0.1) is 0 Å². The van der Waals surface area contributed by atoms with Crippen molar-refractivity contribution in [3.8, 4) is 0 Å². The summed E-state index contributed by atoms with van der Waals surface area (Å²) in [4.78, 5) is 0. The predicted octanol–water partition coefficient (Wildman–Crippen LogP) is 4.91. The summed E-state index contributed by atoms with van der Waals surface area (Å²) >= 11 is 0. The van der Waals surface area contributed by atoms with Gasteiger partial charge in [0.25, 0.3) is 0 Å². The molecule has 0 aliphatic heterocycles. The molecule has 1 aromatic carbocycles. The van der Waals surface area contributed by atoms with Gasteiger partial charge in [-0.05, 0) is 44.4 Å². The third kappa shape index (κ3) is 6.61. The average Bonchev–Trinajstić information content (AvgIpc) is 2.53. The zero-order valence-electron chi connectivity index (χ0n) is 13.6. The lowest BCUT2D eigenvalue weighted by Crippen LogP contribution is -2.22. The molecule has 0 saturated carbocycles. The Morgan fingerprint density at radius 2 is 1.43 bits per heavy atom. The Labute approximate surface area is 136 Å². The van der Waals surface area contributed by atoms with Crippen LogP contribution in [-0.2, 0) is 15.3 Å². The van der Waals surface area contributed by atoms with E-state index in [4.69, 9.17) is 8.85 Å². The first-order chi connectivity index (χ1) is 11.0. The molecule has 0 aliphatic carbocycles. The summed E-state index contributed by atoms with van der Waals surface area (Å²) in [5.74, 6) is -6.13. The highest BCUT2D eigenvalue weighted by molar-refractivity contribution is 6.44. The molecule has 0 aromatic heterocycles. The van der Waals surface area contributed by atoms with Gasteiger partial charge in [0, 0.05) is 13.2 Å². The lowest BCUT2D eigenvalue weighted by Gasteiger charge is -2.12. The molecular formula is C16H23F4O2Si. The second kappa shape index (κ2) is 10.8. The topological polar surface area (TPSA) is 18.5 Å². The van der Waals surface area contributed by atoms with Crippen LogP contribution in [0.15, 0.2) is 6.07 Å². The minimum absolute atomic E-state index is 0.116. The first kappa shape index (κ1) is 20.1. The molecule has 23 heavy (non-hydrogen) atoms. The van der Waals surface area contributed by atoms with Crippen LogP contribution in [0.25, 0.3) is 0 Å². The van der Waals surface area contributed by atoms with Crippen molar-refractivity contribution in [1.82, 2.24) is 0 Å². The zero-order valence-corrected chi connectivity index (χ0v) is 14.6. The molecule has 0 heterocycles. The second-order valence-electron chi connectivity index (χ2n) is 5.11. The molecule has 2 nitrogen and oxygen atoms in total. The monoisotopic (exact) mass is 351 g/mol. The van der Waals surface area contributed by atoms with Gasteiger partial charge in [0.1, 0.15) is 0 Å². The molecule has 0 unspecified atom stereocenters. The van der Waals surface area contributed by atoms with Crippen molar-refractivity contribution in [3.63, 3.8) is 0 Å². The van der Waals surface area contributed by atoms with Crippen LogP contribution in [0.4, 0.5) is 17.6 Å².